The van der Waals surface area contributed by atoms with Crippen molar-refractivity contribution in [3.63, 3.8) is 0 Å². The number of hydrogen-bond donors (Lipinski definition) is 5. The standard InChI is InChI=1S/C28H38N8O2/c1-18-11-12-21(13-19(18)2)16-25(37)34-28(30)33-24(15-20-7-4-3-5-8-20)27(38)32-17-22-9-6-10-23(14-22)26(29)35-36-31/h6,9-14,20,24H,3-5,7-8,15-17H2,1-2H3,(H,32,38)(H3,29,31,35)(H3,30,33,34,37). The summed E-state index contributed by atoms with van der Waals surface area (Å²) >= 11 is 0. The van der Waals surface area contributed by atoms with Gasteiger partial charge in [0.25, 0.3) is 0 Å². The maximum atomic E-state index is 13.2. The van der Waals surface area contributed by atoms with E-state index in [-0.39, 0.29) is 36.6 Å². The number of amides is 2. The molecule has 0 bridgehead atoms. The molecule has 0 aromatic heterocycles. The van der Waals surface area contributed by atoms with Crippen LogP contribution in [0.1, 0.15) is 66.3 Å². The van der Waals surface area contributed by atoms with Gasteiger partial charge in [-0.1, -0.05) is 73.7 Å². The van der Waals surface area contributed by atoms with Gasteiger partial charge in [-0.15, -0.1) is 5.10 Å². The molecule has 1 aliphatic carbocycles. The highest BCUT2D eigenvalue weighted by atomic mass is 16.2. The smallest absolute Gasteiger partial charge is 0.245 e. The molecular weight excluding hydrogens is 480 g/mol. The zero-order valence-corrected chi connectivity index (χ0v) is 22.2. The lowest BCUT2D eigenvalue weighted by Crippen LogP contribution is -2.42. The molecule has 2 amide bonds. The Balaban J connectivity index is 1.67. The Bertz CT molecular complexity index is 1200. The number of nitrogens with zero attached hydrogens (tertiary/aromatic N) is 3. The fourth-order valence-corrected chi connectivity index (χ4v) is 4.70. The fraction of sp³-hybridized carbons (Fsp3) is 0.429. The molecule has 0 heterocycles. The topological polar surface area (TPSA) is 171 Å². The zero-order chi connectivity index (χ0) is 27.5. The van der Waals surface area contributed by atoms with Crippen LogP contribution in [0.4, 0.5) is 0 Å². The molecule has 1 atom stereocenters. The summed E-state index contributed by atoms with van der Waals surface area (Å²) in [6.45, 7) is 4.29. The predicted molar refractivity (Wildman–Crippen MR) is 149 cm³/mol. The van der Waals surface area contributed by atoms with Crippen molar-refractivity contribution in [2.24, 2.45) is 32.7 Å². The van der Waals surface area contributed by atoms with Gasteiger partial charge in [0.15, 0.2) is 11.8 Å². The quantitative estimate of drug-likeness (QED) is 0.140. The summed E-state index contributed by atoms with van der Waals surface area (Å²) in [5.41, 5.74) is 23.4. The number of aryl methyl sites for hydroxylation is 2. The van der Waals surface area contributed by atoms with Gasteiger partial charge in [0.1, 0.15) is 6.04 Å². The zero-order valence-electron chi connectivity index (χ0n) is 22.2. The second kappa shape index (κ2) is 14.0. The second-order valence-corrected chi connectivity index (χ2v) is 9.92. The number of carbonyl (C=O) groups is 2. The first-order valence-electron chi connectivity index (χ1n) is 13.0. The van der Waals surface area contributed by atoms with E-state index in [9.17, 15) is 9.59 Å². The molecule has 1 fully saturated rings. The fourth-order valence-electron chi connectivity index (χ4n) is 4.70. The lowest BCUT2D eigenvalue weighted by molar-refractivity contribution is -0.123. The van der Waals surface area contributed by atoms with Gasteiger partial charge >= 0.3 is 0 Å². The van der Waals surface area contributed by atoms with Crippen LogP contribution in [0.15, 0.2) is 57.8 Å². The number of benzene rings is 2. The van der Waals surface area contributed by atoms with Crippen LogP contribution in [-0.4, -0.2) is 29.7 Å². The van der Waals surface area contributed by atoms with Crippen LogP contribution >= 0.6 is 0 Å². The lowest BCUT2D eigenvalue weighted by atomic mass is 9.84. The number of hydrogen-bond acceptors (Lipinski definition) is 5. The Morgan fingerprint density at radius 3 is 2.50 bits per heavy atom. The minimum absolute atomic E-state index is 0.0556. The van der Waals surface area contributed by atoms with E-state index in [2.05, 4.69) is 26.0 Å². The summed E-state index contributed by atoms with van der Waals surface area (Å²) in [7, 11) is 0. The van der Waals surface area contributed by atoms with Gasteiger partial charge in [0.2, 0.25) is 11.8 Å². The molecule has 1 aliphatic rings. The van der Waals surface area contributed by atoms with Gasteiger partial charge < -0.3 is 16.8 Å². The van der Waals surface area contributed by atoms with Crippen LogP contribution in [0, 0.1) is 25.3 Å². The summed E-state index contributed by atoms with van der Waals surface area (Å²) in [5.74, 6) is -0.0793. The van der Waals surface area contributed by atoms with Crippen molar-refractivity contribution in [2.75, 3.05) is 0 Å². The molecule has 0 saturated heterocycles. The van der Waals surface area contributed by atoms with E-state index in [1.54, 1.807) is 18.2 Å². The second-order valence-electron chi connectivity index (χ2n) is 9.92. The molecule has 7 N–H and O–H groups in total. The highest BCUT2D eigenvalue weighted by Gasteiger charge is 2.24. The largest absolute Gasteiger partial charge is 0.382 e. The van der Waals surface area contributed by atoms with Crippen molar-refractivity contribution in [1.29, 1.82) is 5.53 Å². The molecule has 0 radical (unpaired) electrons. The van der Waals surface area contributed by atoms with Gasteiger partial charge in [-0.2, -0.15) is 5.53 Å². The predicted octanol–water partition coefficient (Wildman–Crippen LogP) is 3.58. The first kappa shape index (κ1) is 28.5. The van der Waals surface area contributed by atoms with E-state index in [4.69, 9.17) is 17.0 Å². The third-order valence-corrected chi connectivity index (χ3v) is 6.93. The Kier molecular flexibility index (Phi) is 10.5. The monoisotopic (exact) mass is 518 g/mol. The number of nitrogens with one attached hydrogen (secondary N) is 3. The number of guanidine groups is 1. The van der Waals surface area contributed by atoms with Gasteiger partial charge in [0, 0.05) is 12.1 Å². The van der Waals surface area contributed by atoms with Gasteiger partial charge in [-0.25, -0.2) is 4.99 Å². The SMILES string of the molecule is Cc1ccc(CC(=O)NC(N)=NC(CC2CCCCC2)C(=O)NCc2cccc(C(N)=NN=N)c2)cc1C. The van der Waals surface area contributed by atoms with Crippen LogP contribution in [0.2, 0.25) is 0 Å². The van der Waals surface area contributed by atoms with E-state index in [0.717, 1.165) is 42.4 Å². The first-order chi connectivity index (χ1) is 18.2. The van der Waals surface area contributed by atoms with Crippen molar-refractivity contribution in [3.8, 4) is 0 Å². The Morgan fingerprint density at radius 1 is 1.03 bits per heavy atom. The highest BCUT2D eigenvalue weighted by Crippen LogP contribution is 2.28. The number of rotatable bonds is 10. The van der Waals surface area contributed by atoms with Crippen molar-refractivity contribution < 1.29 is 9.59 Å². The molecular formula is C28H38N8O2. The molecule has 10 nitrogen and oxygen atoms in total. The number of nitrogens with two attached hydrogens (primary N) is 2. The number of carbonyl (C=O) groups excluding carboxylic acids is 2. The maximum absolute atomic E-state index is 13.2. The molecule has 2 aromatic carbocycles. The van der Waals surface area contributed by atoms with E-state index in [1.165, 1.54) is 12.0 Å². The molecule has 38 heavy (non-hydrogen) atoms. The summed E-state index contributed by atoms with van der Waals surface area (Å²) in [5, 5.41) is 12.1. The normalized spacial score (nSPS) is 15.5. The van der Waals surface area contributed by atoms with Crippen molar-refractivity contribution in [1.82, 2.24) is 10.6 Å². The first-order valence-corrected chi connectivity index (χ1v) is 13.0. The average molecular weight is 519 g/mol. The molecule has 1 saturated carbocycles. The molecule has 10 heteroatoms. The molecule has 2 aromatic rings. The van der Waals surface area contributed by atoms with E-state index in [1.807, 2.05) is 38.1 Å². The van der Waals surface area contributed by atoms with E-state index in [0.29, 0.717) is 17.9 Å². The van der Waals surface area contributed by atoms with E-state index < -0.39 is 6.04 Å². The van der Waals surface area contributed by atoms with Crippen LogP contribution < -0.4 is 22.1 Å². The molecule has 1 unspecified atom stereocenters. The van der Waals surface area contributed by atoms with Crippen LogP contribution in [0.3, 0.4) is 0 Å². The van der Waals surface area contributed by atoms with Crippen LogP contribution in [0.5, 0.6) is 0 Å². The van der Waals surface area contributed by atoms with Crippen LogP contribution in [-0.2, 0) is 22.6 Å². The molecule has 3 rings (SSSR count). The van der Waals surface area contributed by atoms with E-state index >= 15 is 0 Å². The highest BCUT2D eigenvalue weighted by molar-refractivity contribution is 5.98. The third kappa shape index (κ3) is 8.79. The van der Waals surface area contributed by atoms with Gasteiger partial charge in [0.05, 0.1) is 6.42 Å². The molecule has 0 spiro atoms. The number of aliphatic imine (C=N–C) groups is 1. The van der Waals surface area contributed by atoms with Crippen molar-refractivity contribution in [3.05, 3.63) is 70.3 Å². The minimum Gasteiger partial charge on any atom is -0.382 e. The number of amidine groups is 1. The third-order valence-electron chi connectivity index (χ3n) is 6.93. The lowest BCUT2D eigenvalue weighted by Gasteiger charge is -2.24. The van der Waals surface area contributed by atoms with Crippen molar-refractivity contribution in [2.45, 2.75) is 71.4 Å². The summed E-state index contributed by atoms with van der Waals surface area (Å²) in [4.78, 5) is 30.3. The minimum atomic E-state index is -0.711. The Labute approximate surface area is 223 Å². The molecule has 202 valence electrons. The summed E-state index contributed by atoms with van der Waals surface area (Å²) < 4.78 is 0. The summed E-state index contributed by atoms with van der Waals surface area (Å²) in [6.07, 6.45) is 6.36. The maximum Gasteiger partial charge on any atom is 0.245 e. The summed E-state index contributed by atoms with van der Waals surface area (Å²) in [6, 6.07) is 12.4. The molecule has 0 aliphatic heterocycles. The average Bonchev–Trinajstić information content (AvgIpc) is 2.90. The van der Waals surface area contributed by atoms with Gasteiger partial charge in [-0.05, 0) is 54.5 Å². The van der Waals surface area contributed by atoms with Gasteiger partial charge in [-0.3, -0.25) is 14.9 Å². The van der Waals surface area contributed by atoms with Crippen molar-refractivity contribution >= 4 is 23.6 Å². The Morgan fingerprint density at radius 2 is 1.79 bits per heavy atom. The van der Waals surface area contributed by atoms with Crippen LogP contribution in [0.25, 0.3) is 0 Å². The Hall–Kier alpha value is -4.08.